The minimum Gasteiger partial charge on any atom is -0.444 e. The summed E-state index contributed by atoms with van der Waals surface area (Å²) in [6.07, 6.45) is 1.22. The molecular weight excluding hydrogens is 370 g/mol. The molecule has 1 aromatic heterocycles. The molecule has 3 rings (SSSR count). The van der Waals surface area contributed by atoms with Crippen molar-refractivity contribution < 1.29 is 9.53 Å². The van der Waals surface area contributed by atoms with Crippen molar-refractivity contribution >= 4 is 12.1 Å². The molecule has 2 heterocycles. The number of aliphatic imine (C=N–C) groups is 1. The van der Waals surface area contributed by atoms with Gasteiger partial charge in [-0.3, -0.25) is 5.10 Å². The Kier molecular flexibility index (Phi) is 6.36. The molecule has 0 saturated carbocycles. The highest BCUT2D eigenvalue weighted by molar-refractivity contribution is 5.80. The zero-order valence-corrected chi connectivity index (χ0v) is 17.4. The Balaban J connectivity index is 1.55. The topological polar surface area (TPSA) is 108 Å². The molecule has 9 heteroatoms. The number of benzene rings is 1. The highest BCUT2D eigenvalue weighted by Gasteiger charge is 2.34. The van der Waals surface area contributed by atoms with E-state index < -0.39 is 5.60 Å². The van der Waals surface area contributed by atoms with E-state index >= 15 is 0 Å². The fourth-order valence-electron chi connectivity index (χ4n) is 2.89. The molecule has 1 saturated heterocycles. The van der Waals surface area contributed by atoms with Gasteiger partial charge in [-0.05, 0) is 39.3 Å². The number of hydrogen-bond acceptors (Lipinski definition) is 5. The number of aromatic nitrogens is 3. The summed E-state index contributed by atoms with van der Waals surface area (Å²) in [4.78, 5) is 22.6. The number of hydrogen-bond donors (Lipinski definition) is 3. The van der Waals surface area contributed by atoms with Crippen molar-refractivity contribution in [2.24, 2.45) is 4.99 Å². The van der Waals surface area contributed by atoms with Gasteiger partial charge in [-0.15, -0.1) is 0 Å². The molecule has 1 fully saturated rings. The minimum atomic E-state index is -0.480. The van der Waals surface area contributed by atoms with Crippen molar-refractivity contribution in [2.75, 3.05) is 19.6 Å². The summed E-state index contributed by atoms with van der Waals surface area (Å²) < 4.78 is 5.39. The van der Waals surface area contributed by atoms with Gasteiger partial charge < -0.3 is 20.3 Å². The zero-order valence-electron chi connectivity index (χ0n) is 17.4. The number of amides is 1. The molecule has 0 spiro atoms. The summed E-state index contributed by atoms with van der Waals surface area (Å²) in [5.74, 6) is 1.46. The fraction of sp³-hybridized carbons (Fsp3) is 0.500. The van der Waals surface area contributed by atoms with Gasteiger partial charge in [-0.25, -0.2) is 14.8 Å². The van der Waals surface area contributed by atoms with Crippen LogP contribution in [-0.4, -0.2) is 63.4 Å². The van der Waals surface area contributed by atoms with Crippen molar-refractivity contribution in [3.05, 3.63) is 36.2 Å². The second kappa shape index (κ2) is 8.93. The summed E-state index contributed by atoms with van der Waals surface area (Å²) in [6.45, 7) is 10.1. The monoisotopic (exact) mass is 399 g/mol. The maximum absolute atomic E-state index is 12.1. The predicted molar refractivity (Wildman–Crippen MR) is 111 cm³/mol. The second-order valence-electron chi connectivity index (χ2n) is 7.96. The first-order chi connectivity index (χ1) is 13.8. The third kappa shape index (κ3) is 5.94. The number of carbonyl (C=O) groups is 1. The van der Waals surface area contributed by atoms with E-state index in [0.29, 0.717) is 19.6 Å². The van der Waals surface area contributed by atoms with Crippen LogP contribution in [0.25, 0.3) is 11.4 Å². The molecule has 0 aliphatic carbocycles. The molecule has 0 bridgehead atoms. The number of H-pyrrole nitrogens is 1. The van der Waals surface area contributed by atoms with E-state index in [0.717, 1.165) is 29.5 Å². The fourth-order valence-corrected chi connectivity index (χ4v) is 2.89. The van der Waals surface area contributed by atoms with E-state index in [1.807, 2.05) is 52.0 Å². The van der Waals surface area contributed by atoms with Gasteiger partial charge in [0.1, 0.15) is 11.9 Å². The third-order valence-corrected chi connectivity index (χ3v) is 4.25. The summed E-state index contributed by atoms with van der Waals surface area (Å²) in [5.41, 5.74) is 1.56. The maximum Gasteiger partial charge on any atom is 0.410 e. The first kappa shape index (κ1) is 20.6. The first-order valence-electron chi connectivity index (χ1n) is 9.81. The zero-order chi connectivity index (χ0) is 20.9. The Morgan fingerprint density at radius 1 is 1.38 bits per heavy atom. The average Bonchev–Trinajstić information content (AvgIpc) is 3.15. The van der Waals surface area contributed by atoms with Crippen LogP contribution in [0.4, 0.5) is 4.79 Å². The first-order valence-corrected chi connectivity index (χ1v) is 9.81. The van der Waals surface area contributed by atoms with Gasteiger partial charge in [0.2, 0.25) is 0 Å². The summed E-state index contributed by atoms with van der Waals surface area (Å²) in [6, 6.07) is 8.19. The molecule has 3 N–H and O–H groups in total. The number of likely N-dealkylation sites (tertiary alicyclic amines) is 1. The van der Waals surface area contributed by atoms with E-state index in [1.165, 1.54) is 6.33 Å². The highest BCUT2D eigenvalue weighted by atomic mass is 16.6. The molecule has 0 radical (unpaired) electrons. The smallest absolute Gasteiger partial charge is 0.410 e. The third-order valence-electron chi connectivity index (χ3n) is 4.25. The summed E-state index contributed by atoms with van der Waals surface area (Å²) >= 11 is 0. The molecule has 2 aromatic rings. The number of guanidine groups is 1. The van der Waals surface area contributed by atoms with Crippen LogP contribution in [0.5, 0.6) is 0 Å². The van der Waals surface area contributed by atoms with Crippen LogP contribution in [0.3, 0.4) is 0 Å². The lowest BCUT2D eigenvalue weighted by Crippen LogP contribution is -2.63. The summed E-state index contributed by atoms with van der Waals surface area (Å²) in [5, 5.41) is 13.4. The van der Waals surface area contributed by atoms with Gasteiger partial charge in [-0.1, -0.05) is 18.2 Å². The van der Waals surface area contributed by atoms with Crippen molar-refractivity contribution in [3.63, 3.8) is 0 Å². The van der Waals surface area contributed by atoms with Crippen LogP contribution in [0.2, 0.25) is 0 Å². The van der Waals surface area contributed by atoms with Gasteiger partial charge in [0.25, 0.3) is 0 Å². The lowest BCUT2D eigenvalue weighted by atomic mass is 10.1. The van der Waals surface area contributed by atoms with Gasteiger partial charge in [0, 0.05) is 25.2 Å². The Morgan fingerprint density at radius 3 is 2.83 bits per heavy atom. The number of nitrogens with zero attached hydrogens (tertiary/aromatic N) is 4. The molecule has 1 aliphatic heterocycles. The molecule has 9 nitrogen and oxygen atoms in total. The van der Waals surface area contributed by atoms with Crippen molar-refractivity contribution in [3.8, 4) is 11.4 Å². The molecule has 1 amide bonds. The number of rotatable bonds is 5. The molecule has 1 aliphatic rings. The average molecular weight is 399 g/mol. The highest BCUT2D eigenvalue weighted by Crippen LogP contribution is 2.17. The van der Waals surface area contributed by atoms with E-state index in [4.69, 9.17) is 4.74 Å². The van der Waals surface area contributed by atoms with E-state index in [1.54, 1.807) is 4.90 Å². The van der Waals surface area contributed by atoms with Crippen LogP contribution in [0.15, 0.2) is 35.6 Å². The number of nitrogens with one attached hydrogen (secondary N) is 3. The van der Waals surface area contributed by atoms with Crippen molar-refractivity contribution in [1.29, 1.82) is 0 Å². The van der Waals surface area contributed by atoms with Gasteiger partial charge in [-0.2, -0.15) is 5.10 Å². The van der Waals surface area contributed by atoms with Crippen molar-refractivity contribution in [1.82, 2.24) is 30.7 Å². The minimum absolute atomic E-state index is 0.154. The van der Waals surface area contributed by atoms with Crippen LogP contribution >= 0.6 is 0 Å². The van der Waals surface area contributed by atoms with E-state index in [9.17, 15) is 4.79 Å². The van der Waals surface area contributed by atoms with Gasteiger partial charge >= 0.3 is 6.09 Å². The lowest BCUT2D eigenvalue weighted by molar-refractivity contribution is 0.00701. The predicted octanol–water partition coefficient (Wildman–Crippen LogP) is 2.15. The molecule has 1 aromatic carbocycles. The molecular formula is C20H29N7O2. The van der Waals surface area contributed by atoms with Gasteiger partial charge in [0.15, 0.2) is 11.8 Å². The Labute approximate surface area is 171 Å². The molecule has 29 heavy (non-hydrogen) atoms. The maximum atomic E-state index is 12.1. The van der Waals surface area contributed by atoms with Crippen molar-refractivity contribution in [2.45, 2.75) is 45.9 Å². The number of ether oxygens (including phenoxy) is 1. The Bertz CT molecular complexity index is 837. The largest absolute Gasteiger partial charge is 0.444 e. The Hall–Kier alpha value is -3.10. The van der Waals surface area contributed by atoms with E-state index in [2.05, 4.69) is 30.8 Å². The SMILES string of the molecule is CCNC(=NCc1cccc(-c2ncn[nH]2)c1)NC1CN(C(=O)OC(C)(C)C)C1. The number of aromatic amines is 1. The van der Waals surface area contributed by atoms with Crippen LogP contribution in [0, 0.1) is 0 Å². The normalized spacial score (nSPS) is 15.0. The van der Waals surface area contributed by atoms with E-state index in [-0.39, 0.29) is 12.1 Å². The van der Waals surface area contributed by atoms with Crippen LogP contribution in [0.1, 0.15) is 33.3 Å². The second-order valence-corrected chi connectivity index (χ2v) is 7.96. The van der Waals surface area contributed by atoms with Crippen LogP contribution in [-0.2, 0) is 11.3 Å². The molecule has 0 unspecified atom stereocenters. The summed E-state index contributed by atoms with van der Waals surface area (Å²) in [7, 11) is 0. The van der Waals surface area contributed by atoms with Gasteiger partial charge in [0.05, 0.1) is 12.6 Å². The molecule has 0 atom stereocenters. The quantitative estimate of drug-likeness (QED) is 0.525. The molecule has 156 valence electrons. The Morgan fingerprint density at radius 2 is 2.17 bits per heavy atom. The lowest BCUT2D eigenvalue weighted by Gasteiger charge is -2.40. The number of carbonyl (C=O) groups excluding carboxylic acids is 1. The standard InChI is InChI=1S/C20H29N7O2/c1-5-21-18(25-16-11-27(12-16)19(28)29-20(2,3)4)22-10-14-7-6-8-15(9-14)17-23-13-24-26-17/h6-9,13,16H,5,10-12H2,1-4H3,(H2,21,22,25)(H,23,24,26). The van der Waals surface area contributed by atoms with Crippen LogP contribution < -0.4 is 10.6 Å².